The predicted molar refractivity (Wildman–Crippen MR) is 57.2 cm³/mol. The molecule has 0 aliphatic heterocycles. The molecule has 1 aromatic rings. The Morgan fingerprint density at radius 2 is 2.29 bits per heavy atom. The number of carbonyl (C=O) groups is 2. The van der Waals surface area contributed by atoms with Gasteiger partial charge in [0, 0.05) is 6.07 Å². The molecular weight excluding hydrogens is 224 g/mol. The Bertz CT molecular complexity index is 409. The van der Waals surface area contributed by atoms with Crippen LogP contribution in [-0.4, -0.2) is 27.7 Å². The molecule has 0 aromatic carbocycles. The molecule has 6 nitrogen and oxygen atoms in total. The minimum Gasteiger partial charge on any atom is -0.481 e. The molecule has 17 heavy (non-hydrogen) atoms. The number of amides is 1. The Labute approximate surface area is 98.0 Å². The standard InChI is InChI=1S/C11H14N2O4/c14-9(6-8-2-5-17-13-8)12-11(3-1-4-11)7-10(15)16/h2,5H,1,3-4,6-7H2,(H,12,14)(H,15,16). The lowest BCUT2D eigenvalue weighted by Gasteiger charge is -2.41. The summed E-state index contributed by atoms with van der Waals surface area (Å²) in [4.78, 5) is 22.4. The summed E-state index contributed by atoms with van der Waals surface area (Å²) < 4.78 is 4.63. The zero-order chi connectivity index (χ0) is 12.3. The lowest BCUT2D eigenvalue weighted by Crippen LogP contribution is -2.55. The molecule has 6 heteroatoms. The van der Waals surface area contributed by atoms with Gasteiger partial charge in [0.15, 0.2) is 0 Å². The van der Waals surface area contributed by atoms with E-state index in [0.717, 1.165) is 19.3 Å². The Morgan fingerprint density at radius 1 is 1.53 bits per heavy atom. The van der Waals surface area contributed by atoms with Crippen LogP contribution >= 0.6 is 0 Å². The fourth-order valence-electron chi connectivity index (χ4n) is 2.07. The van der Waals surface area contributed by atoms with Crippen molar-refractivity contribution in [1.82, 2.24) is 10.5 Å². The zero-order valence-electron chi connectivity index (χ0n) is 9.31. The molecule has 1 aliphatic carbocycles. The molecule has 1 aromatic heterocycles. The topological polar surface area (TPSA) is 92.4 Å². The minimum atomic E-state index is -0.883. The molecule has 1 aliphatic rings. The number of aliphatic carboxylic acids is 1. The van der Waals surface area contributed by atoms with Crippen LogP contribution in [0.4, 0.5) is 0 Å². The number of nitrogens with one attached hydrogen (secondary N) is 1. The fourth-order valence-corrected chi connectivity index (χ4v) is 2.07. The van der Waals surface area contributed by atoms with E-state index in [1.54, 1.807) is 6.07 Å². The number of carbonyl (C=O) groups excluding carboxylic acids is 1. The zero-order valence-corrected chi connectivity index (χ0v) is 9.31. The summed E-state index contributed by atoms with van der Waals surface area (Å²) in [5.74, 6) is -1.09. The number of hydrogen-bond acceptors (Lipinski definition) is 4. The van der Waals surface area contributed by atoms with Gasteiger partial charge < -0.3 is 14.9 Å². The third-order valence-corrected chi connectivity index (χ3v) is 3.04. The SMILES string of the molecule is O=C(O)CC1(NC(=O)Cc2ccon2)CCC1. The van der Waals surface area contributed by atoms with Crippen molar-refractivity contribution in [2.24, 2.45) is 0 Å². The third-order valence-electron chi connectivity index (χ3n) is 3.04. The molecule has 1 saturated carbocycles. The number of nitrogens with zero attached hydrogens (tertiary/aromatic N) is 1. The fraction of sp³-hybridized carbons (Fsp3) is 0.545. The lowest BCUT2D eigenvalue weighted by molar-refractivity contribution is -0.140. The number of aromatic nitrogens is 1. The van der Waals surface area contributed by atoms with Gasteiger partial charge >= 0.3 is 5.97 Å². The van der Waals surface area contributed by atoms with Crippen molar-refractivity contribution in [1.29, 1.82) is 0 Å². The summed E-state index contributed by atoms with van der Waals surface area (Å²) in [6.07, 6.45) is 3.92. The van der Waals surface area contributed by atoms with E-state index in [1.807, 2.05) is 0 Å². The average molecular weight is 238 g/mol. The van der Waals surface area contributed by atoms with Crippen molar-refractivity contribution in [2.45, 2.75) is 37.6 Å². The number of carboxylic acid groups (broad SMARTS) is 1. The molecule has 0 bridgehead atoms. The lowest BCUT2D eigenvalue weighted by atomic mass is 9.74. The summed E-state index contributed by atoms with van der Waals surface area (Å²) in [5.41, 5.74) is -0.000531. The van der Waals surface area contributed by atoms with Crippen LogP contribution in [0.25, 0.3) is 0 Å². The third kappa shape index (κ3) is 2.83. The van der Waals surface area contributed by atoms with E-state index in [-0.39, 0.29) is 18.7 Å². The predicted octanol–water partition coefficient (Wildman–Crippen LogP) is 0.731. The second-order valence-corrected chi connectivity index (χ2v) is 4.42. The Balaban J connectivity index is 1.90. The second kappa shape index (κ2) is 4.57. The first-order valence-electron chi connectivity index (χ1n) is 5.52. The van der Waals surface area contributed by atoms with Crippen molar-refractivity contribution in [3.63, 3.8) is 0 Å². The van der Waals surface area contributed by atoms with Gasteiger partial charge in [0.1, 0.15) is 6.26 Å². The van der Waals surface area contributed by atoms with Crippen molar-refractivity contribution in [3.05, 3.63) is 18.0 Å². The monoisotopic (exact) mass is 238 g/mol. The number of carboxylic acids is 1. The summed E-state index contributed by atoms with van der Waals surface area (Å²) in [7, 11) is 0. The van der Waals surface area contributed by atoms with Gasteiger partial charge in [0.2, 0.25) is 5.91 Å². The molecule has 0 radical (unpaired) electrons. The first kappa shape index (κ1) is 11.6. The first-order chi connectivity index (χ1) is 8.10. The molecule has 1 heterocycles. The Kier molecular flexibility index (Phi) is 3.12. The largest absolute Gasteiger partial charge is 0.481 e. The van der Waals surface area contributed by atoms with Crippen molar-refractivity contribution in [2.75, 3.05) is 0 Å². The second-order valence-electron chi connectivity index (χ2n) is 4.42. The molecule has 92 valence electrons. The molecule has 2 rings (SSSR count). The summed E-state index contributed by atoms with van der Waals surface area (Å²) in [6.45, 7) is 0. The maximum Gasteiger partial charge on any atom is 0.305 e. The van der Waals surface area contributed by atoms with Gasteiger partial charge in [-0.2, -0.15) is 0 Å². The maximum absolute atomic E-state index is 11.7. The van der Waals surface area contributed by atoms with Gasteiger partial charge in [-0.25, -0.2) is 0 Å². The van der Waals surface area contributed by atoms with Crippen molar-refractivity contribution in [3.8, 4) is 0 Å². The van der Waals surface area contributed by atoms with Gasteiger partial charge in [-0.3, -0.25) is 9.59 Å². The number of hydrogen-bond donors (Lipinski definition) is 2. The van der Waals surface area contributed by atoms with Gasteiger partial charge in [0.25, 0.3) is 0 Å². The highest BCUT2D eigenvalue weighted by molar-refractivity contribution is 5.80. The van der Waals surface area contributed by atoms with Crippen LogP contribution in [0.3, 0.4) is 0 Å². The Morgan fingerprint density at radius 3 is 2.76 bits per heavy atom. The van der Waals surface area contributed by atoms with E-state index in [0.29, 0.717) is 5.69 Å². The van der Waals surface area contributed by atoms with Crippen LogP contribution in [0.1, 0.15) is 31.4 Å². The van der Waals surface area contributed by atoms with Gasteiger partial charge in [-0.1, -0.05) is 5.16 Å². The molecule has 1 fully saturated rings. The molecule has 0 spiro atoms. The number of rotatable bonds is 5. The van der Waals surface area contributed by atoms with Crippen LogP contribution in [0, 0.1) is 0 Å². The van der Waals surface area contributed by atoms with Crippen LogP contribution in [0.5, 0.6) is 0 Å². The van der Waals surface area contributed by atoms with E-state index in [1.165, 1.54) is 6.26 Å². The summed E-state index contributed by atoms with van der Waals surface area (Å²) in [6, 6.07) is 1.62. The molecule has 1 amide bonds. The maximum atomic E-state index is 11.7. The normalized spacial score (nSPS) is 17.2. The summed E-state index contributed by atoms with van der Waals surface area (Å²) in [5, 5.41) is 15.2. The van der Waals surface area contributed by atoms with E-state index in [4.69, 9.17) is 5.11 Å². The van der Waals surface area contributed by atoms with Crippen molar-refractivity contribution < 1.29 is 19.2 Å². The highest BCUT2D eigenvalue weighted by atomic mass is 16.5. The average Bonchev–Trinajstić information content (AvgIpc) is 2.66. The van der Waals surface area contributed by atoms with E-state index in [9.17, 15) is 9.59 Å². The highest BCUT2D eigenvalue weighted by Crippen LogP contribution is 2.34. The van der Waals surface area contributed by atoms with Crippen LogP contribution in [-0.2, 0) is 16.0 Å². The van der Waals surface area contributed by atoms with Gasteiger partial charge in [-0.15, -0.1) is 0 Å². The molecule has 2 N–H and O–H groups in total. The molecular formula is C11H14N2O4. The van der Waals surface area contributed by atoms with Crippen molar-refractivity contribution >= 4 is 11.9 Å². The van der Waals surface area contributed by atoms with E-state index < -0.39 is 11.5 Å². The smallest absolute Gasteiger partial charge is 0.305 e. The highest BCUT2D eigenvalue weighted by Gasteiger charge is 2.40. The van der Waals surface area contributed by atoms with E-state index >= 15 is 0 Å². The van der Waals surface area contributed by atoms with Gasteiger partial charge in [-0.05, 0) is 19.3 Å². The van der Waals surface area contributed by atoms with E-state index in [2.05, 4.69) is 15.0 Å². The van der Waals surface area contributed by atoms with Crippen LogP contribution < -0.4 is 5.32 Å². The first-order valence-corrected chi connectivity index (χ1v) is 5.52. The Hall–Kier alpha value is -1.85. The van der Waals surface area contributed by atoms with Gasteiger partial charge in [0.05, 0.1) is 24.1 Å². The van der Waals surface area contributed by atoms with Crippen LogP contribution in [0.2, 0.25) is 0 Å². The molecule has 0 atom stereocenters. The molecule has 0 unspecified atom stereocenters. The van der Waals surface area contributed by atoms with Crippen LogP contribution in [0.15, 0.2) is 16.9 Å². The quantitative estimate of drug-likeness (QED) is 0.788. The molecule has 0 saturated heterocycles. The minimum absolute atomic E-state index is 0.0163. The summed E-state index contributed by atoms with van der Waals surface area (Å²) >= 11 is 0.